The first kappa shape index (κ1) is 31.3. The number of rotatable bonds is 7. The number of allylic oxidation sites excluding steroid dienone is 8. The SMILES string of the molecule is C1=CC(C2(C3=[N+]=CC=C3)c3cc4c5cccnc5n(-c5ccc(-c6ccc(Nc7ccccc7-c7ccccc7)cc6)cc5)c4cc3C3C=CC=CC32)=[N+]=C1. The van der Waals surface area contributed by atoms with E-state index in [0.29, 0.717) is 0 Å². The summed E-state index contributed by atoms with van der Waals surface area (Å²) in [4.78, 5) is 4.97. The van der Waals surface area contributed by atoms with Crippen LogP contribution in [0.15, 0.2) is 182 Å². The van der Waals surface area contributed by atoms with Gasteiger partial charge in [0.2, 0.25) is 5.41 Å². The number of anilines is 2. The van der Waals surface area contributed by atoms with E-state index >= 15 is 0 Å². The van der Waals surface area contributed by atoms with E-state index in [1.807, 2.05) is 36.8 Å². The first-order chi connectivity index (χ1) is 27.3. The maximum Gasteiger partial charge on any atom is 0.327 e. The van der Waals surface area contributed by atoms with Gasteiger partial charge in [0.1, 0.15) is 5.65 Å². The lowest BCUT2D eigenvalue weighted by molar-refractivity contribution is 0.537. The summed E-state index contributed by atoms with van der Waals surface area (Å²) in [7, 11) is 0. The molecule has 4 aliphatic rings. The molecule has 0 amide bonds. The van der Waals surface area contributed by atoms with Crippen molar-refractivity contribution in [1.82, 2.24) is 18.9 Å². The molecule has 2 unspecified atom stereocenters. The summed E-state index contributed by atoms with van der Waals surface area (Å²) < 4.78 is 12.3. The molecule has 2 aromatic heterocycles. The van der Waals surface area contributed by atoms with Gasteiger partial charge in [-0.3, -0.25) is 4.57 Å². The van der Waals surface area contributed by atoms with Crippen LogP contribution in [0.4, 0.5) is 11.4 Å². The zero-order valence-corrected chi connectivity index (χ0v) is 29.9. The number of nitrogens with zero attached hydrogens (tertiary/aromatic N) is 4. The highest BCUT2D eigenvalue weighted by atomic mass is 15.0. The fourth-order valence-electron chi connectivity index (χ4n) is 9.26. The normalized spacial score (nSPS) is 18.3. The number of pyridine rings is 1. The molecule has 0 fully saturated rings. The molecule has 1 N–H and O–H groups in total. The summed E-state index contributed by atoms with van der Waals surface area (Å²) in [5.74, 6) is 0.338. The summed E-state index contributed by atoms with van der Waals surface area (Å²) >= 11 is 0. The van der Waals surface area contributed by atoms with Crippen LogP contribution in [0.3, 0.4) is 0 Å². The van der Waals surface area contributed by atoms with Crippen LogP contribution < -0.4 is 14.7 Å². The second kappa shape index (κ2) is 12.4. The molecule has 5 heteroatoms. The highest BCUT2D eigenvalue weighted by Gasteiger charge is 2.65. The van der Waals surface area contributed by atoms with Crippen molar-refractivity contribution >= 4 is 57.2 Å². The quantitative estimate of drug-likeness (QED) is 0.168. The van der Waals surface area contributed by atoms with Gasteiger partial charge in [0, 0.05) is 75.7 Å². The third-order valence-electron chi connectivity index (χ3n) is 11.7. The Morgan fingerprint density at radius 3 is 2.07 bits per heavy atom. The van der Waals surface area contributed by atoms with Gasteiger partial charge in [0.05, 0.1) is 5.52 Å². The van der Waals surface area contributed by atoms with Crippen LogP contribution in [0.5, 0.6) is 0 Å². The van der Waals surface area contributed by atoms with Crippen LogP contribution in [0.2, 0.25) is 0 Å². The highest BCUT2D eigenvalue weighted by molar-refractivity contribution is 6.29. The summed E-state index contributed by atoms with van der Waals surface area (Å²) in [6, 6.07) is 45.6. The van der Waals surface area contributed by atoms with Crippen molar-refractivity contribution in [3.63, 3.8) is 0 Å². The molecule has 7 aromatic rings. The lowest BCUT2D eigenvalue weighted by atomic mass is 9.65. The number of benzene rings is 5. The fraction of sp³-hybridized carbons (Fsp3) is 0.0600. The molecule has 5 aromatic carbocycles. The number of para-hydroxylation sites is 1. The zero-order valence-electron chi connectivity index (χ0n) is 29.9. The van der Waals surface area contributed by atoms with E-state index in [1.165, 1.54) is 27.6 Å². The van der Waals surface area contributed by atoms with Gasteiger partial charge in [-0.1, -0.05) is 106 Å². The zero-order chi connectivity index (χ0) is 36.3. The van der Waals surface area contributed by atoms with Gasteiger partial charge in [-0.15, -0.1) is 0 Å². The van der Waals surface area contributed by atoms with E-state index in [4.69, 9.17) is 14.3 Å². The van der Waals surface area contributed by atoms with Crippen LogP contribution in [0, 0.1) is 5.92 Å². The van der Waals surface area contributed by atoms with E-state index in [9.17, 15) is 0 Å². The molecule has 2 atom stereocenters. The Morgan fingerprint density at radius 2 is 1.33 bits per heavy atom. The van der Waals surface area contributed by atoms with Crippen molar-refractivity contribution in [2.45, 2.75) is 11.3 Å². The van der Waals surface area contributed by atoms with E-state index < -0.39 is 5.41 Å². The minimum absolute atomic E-state index is 0.154. The first-order valence-corrected chi connectivity index (χ1v) is 18.8. The Morgan fingerprint density at radius 1 is 0.618 bits per heavy atom. The van der Waals surface area contributed by atoms with Gasteiger partial charge < -0.3 is 5.32 Å². The van der Waals surface area contributed by atoms with Crippen LogP contribution in [0.1, 0.15) is 17.0 Å². The van der Waals surface area contributed by atoms with Crippen molar-refractivity contribution in [2.24, 2.45) is 5.92 Å². The van der Waals surface area contributed by atoms with E-state index in [0.717, 1.165) is 56.2 Å². The molecule has 2 aliphatic carbocycles. The monoisotopic (exact) mass is 705 g/mol. The minimum atomic E-state index is -0.503. The first-order valence-electron chi connectivity index (χ1n) is 18.8. The molecule has 0 saturated carbocycles. The van der Waals surface area contributed by atoms with Crippen molar-refractivity contribution < 1.29 is 0 Å². The van der Waals surface area contributed by atoms with Crippen molar-refractivity contribution in [1.29, 1.82) is 0 Å². The Kier molecular flexibility index (Phi) is 7.05. The lowest BCUT2D eigenvalue weighted by Crippen LogP contribution is -2.47. The van der Waals surface area contributed by atoms with E-state index in [1.54, 1.807) is 0 Å². The molecule has 0 radical (unpaired) electrons. The Bertz CT molecular complexity index is 2920. The van der Waals surface area contributed by atoms with Gasteiger partial charge in [-0.2, -0.15) is 0 Å². The minimum Gasteiger partial charge on any atom is -0.355 e. The molecule has 11 rings (SSSR count). The molecule has 5 nitrogen and oxygen atoms in total. The van der Waals surface area contributed by atoms with E-state index in [-0.39, 0.29) is 11.8 Å². The summed E-state index contributed by atoms with van der Waals surface area (Å²) in [6.45, 7) is 0. The van der Waals surface area contributed by atoms with Gasteiger partial charge in [-0.25, -0.2) is 4.98 Å². The molecule has 0 saturated heterocycles. The summed E-state index contributed by atoms with van der Waals surface area (Å²) in [5.41, 5.74) is 14.1. The summed E-state index contributed by atoms with van der Waals surface area (Å²) in [5, 5.41) is 5.95. The third kappa shape index (κ3) is 4.78. The number of hydrogen-bond donors (Lipinski definition) is 1. The maximum atomic E-state index is 4.97. The maximum absolute atomic E-state index is 4.97. The molecule has 4 heterocycles. The summed E-state index contributed by atoms with van der Waals surface area (Å²) in [6.07, 6.45) is 23.2. The van der Waals surface area contributed by atoms with Crippen LogP contribution >= 0.6 is 0 Å². The lowest BCUT2D eigenvalue weighted by Gasteiger charge is -2.27. The third-order valence-corrected chi connectivity index (χ3v) is 11.7. The van der Waals surface area contributed by atoms with Crippen LogP contribution in [-0.4, -0.2) is 33.4 Å². The standard InChI is InChI=1S/C50H35N5/c1-2-11-35(12-3-1)38-13-5-7-17-45(38)54-36-24-20-33(21-25-36)34-22-26-37(27-23-34)55-46-32-41-39-14-4-6-16-43(39)50(47-18-9-28-51-47,48-19-10-29-52-48)44(41)31-42(46)40-15-8-30-53-49(40)55/h1-32,39,43,54H/q+2. The molecule has 0 spiro atoms. The smallest absolute Gasteiger partial charge is 0.327 e. The Balaban J connectivity index is 0.984. The average molecular weight is 706 g/mol. The molecule has 0 bridgehead atoms. The number of aromatic nitrogens is 2. The van der Waals surface area contributed by atoms with Crippen LogP contribution in [0.25, 0.3) is 49.9 Å². The topological polar surface area (TPSA) is 58.1 Å². The number of fused-ring (bicyclic) bond motifs is 6. The van der Waals surface area contributed by atoms with Gasteiger partial charge in [0.15, 0.2) is 0 Å². The largest absolute Gasteiger partial charge is 0.355 e. The fourth-order valence-corrected chi connectivity index (χ4v) is 9.26. The van der Waals surface area contributed by atoms with E-state index in [2.05, 4.69) is 168 Å². The molecular formula is C50H35N5+2. The number of nitrogens with one attached hydrogen (secondary N) is 1. The number of hydrogen-bond acceptors (Lipinski definition) is 2. The van der Waals surface area contributed by atoms with Gasteiger partial charge >= 0.3 is 11.4 Å². The molecule has 2 aliphatic heterocycles. The van der Waals surface area contributed by atoms with Crippen molar-refractivity contribution in [3.8, 4) is 27.9 Å². The predicted octanol–water partition coefficient (Wildman–Crippen LogP) is 9.63. The van der Waals surface area contributed by atoms with Crippen molar-refractivity contribution in [2.75, 3.05) is 5.32 Å². The highest BCUT2D eigenvalue weighted by Crippen LogP contribution is 2.56. The van der Waals surface area contributed by atoms with Gasteiger partial charge in [-0.05, 0) is 82.4 Å². The molecule has 55 heavy (non-hydrogen) atoms. The molecule has 258 valence electrons. The molecular weight excluding hydrogens is 671 g/mol. The predicted molar refractivity (Wildman–Crippen MR) is 230 cm³/mol. The van der Waals surface area contributed by atoms with Crippen LogP contribution in [-0.2, 0) is 5.41 Å². The Labute approximate surface area is 318 Å². The Hall–Kier alpha value is -7.29. The second-order valence-electron chi connectivity index (χ2n) is 14.5. The van der Waals surface area contributed by atoms with Gasteiger partial charge in [0.25, 0.3) is 12.4 Å². The van der Waals surface area contributed by atoms with Crippen molar-refractivity contribution in [3.05, 3.63) is 193 Å². The average Bonchev–Trinajstić information content (AvgIpc) is 4.08. The second-order valence-corrected chi connectivity index (χ2v) is 14.5.